The van der Waals surface area contributed by atoms with Gasteiger partial charge in [0.2, 0.25) is 0 Å². The van der Waals surface area contributed by atoms with Crippen molar-refractivity contribution in [2.24, 2.45) is 0 Å². The van der Waals surface area contributed by atoms with Gasteiger partial charge >= 0.3 is 0 Å². The van der Waals surface area contributed by atoms with Gasteiger partial charge in [0.05, 0.1) is 17.1 Å². The van der Waals surface area contributed by atoms with Gasteiger partial charge in [-0.2, -0.15) is 0 Å². The number of imidazole rings is 1. The summed E-state index contributed by atoms with van der Waals surface area (Å²) in [7, 11) is 2.11. The van der Waals surface area contributed by atoms with Gasteiger partial charge in [-0.3, -0.25) is 0 Å². The number of benzene rings is 1. The summed E-state index contributed by atoms with van der Waals surface area (Å²) in [5, 5.41) is 23.2. The van der Waals surface area contributed by atoms with E-state index in [0.717, 1.165) is 35.9 Å². The normalized spacial score (nSPS) is 23.0. The second kappa shape index (κ2) is 7.40. The second-order valence-corrected chi connectivity index (χ2v) is 8.65. The van der Waals surface area contributed by atoms with Crippen molar-refractivity contribution < 1.29 is 5.11 Å². The molecule has 0 spiro atoms. The van der Waals surface area contributed by atoms with Crippen LogP contribution in [0.25, 0.3) is 16.9 Å². The molecule has 30 heavy (non-hydrogen) atoms. The number of phenols is 1. The van der Waals surface area contributed by atoms with Crippen LogP contribution in [-0.4, -0.2) is 50.0 Å². The lowest BCUT2D eigenvalue weighted by Gasteiger charge is -2.36. The van der Waals surface area contributed by atoms with Gasteiger partial charge in [-0.25, -0.2) is 4.98 Å². The third kappa shape index (κ3) is 3.43. The minimum atomic E-state index is 0.184. The maximum atomic E-state index is 10.6. The van der Waals surface area contributed by atoms with Gasteiger partial charge in [-0.15, -0.1) is 10.2 Å². The first kappa shape index (κ1) is 19.1. The third-order valence-corrected chi connectivity index (χ3v) is 6.55. The van der Waals surface area contributed by atoms with Crippen LogP contribution in [0.15, 0.2) is 36.5 Å². The van der Waals surface area contributed by atoms with Crippen molar-refractivity contribution in [2.75, 3.05) is 11.9 Å². The fourth-order valence-electron chi connectivity index (χ4n) is 4.95. The van der Waals surface area contributed by atoms with Gasteiger partial charge in [-0.1, -0.05) is 0 Å². The predicted octanol–water partition coefficient (Wildman–Crippen LogP) is 3.37. The molecule has 0 saturated carbocycles. The van der Waals surface area contributed by atoms with Crippen LogP contribution in [0.5, 0.6) is 5.75 Å². The molecule has 2 aliphatic heterocycles. The molecule has 3 aromatic rings. The molecule has 0 amide bonds. The number of hydrogen-bond acceptors (Lipinski definition) is 6. The van der Waals surface area contributed by atoms with Crippen molar-refractivity contribution in [2.45, 2.75) is 57.7 Å². The van der Waals surface area contributed by atoms with E-state index in [2.05, 4.69) is 32.4 Å². The van der Waals surface area contributed by atoms with Gasteiger partial charge < -0.3 is 19.9 Å². The lowest BCUT2D eigenvalue weighted by molar-refractivity contribution is 0.353. The number of fused-ring (bicyclic) bond motifs is 2. The SMILES string of the molecule is Cc1cn(-c2ccc(-c3ccc(N(C)C4C[C@H]5CC[C@@H](C4)N5)nn3)c(O)c2)c(C)n1. The first-order valence-electron chi connectivity index (χ1n) is 10.7. The van der Waals surface area contributed by atoms with E-state index in [4.69, 9.17) is 0 Å². The number of aryl methyl sites for hydroxylation is 2. The van der Waals surface area contributed by atoms with Crippen molar-refractivity contribution in [3.63, 3.8) is 0 Å². The Morgan fingerprint density at radius 1 is 1.07 bits per heavy atom. The summed E-state index contributed by atoms with van der Waals surface area (Å²) in [4.78, 5) is 6.69. The van der Waals surface area contributed by atoms with Crippen LogP contribution in [0.2, 0.25) is 0 Å². The van der Waals surface area contributed by atoms with E-state index in [9.17, 15) is 5.11 Å². The molecule has 0 radical (unpaired) electrons. The summed E-state index contributed by atoms with van der Waals surface area (Å²) in [6.07, 6.45) is 6.85. The van der Waals surface area contributed by atoms with Gasteiger partial charge in [0.25, 0.3) is 0 Å². The lowest BCUT2D eigenvalue weighted by Crippen LogP contribution is -2.47. The van der Waals surface area contributed by atoms with Crippen molar-refractivity contribution in [3.8, 4) is 22.7 Å². The Hall–Kier alpha value is -2.93. The van der Waals surface area contributed by atoms with Crippen LogP contribution in [-0.2, 0) is 0 Å². The molecule has 1 unspecified atom stereocenters. The maximum absolute atomic E-state index is 10.6. The Kier molecular flexibility index (Phi) is 4.70. The zero-order chi connectivity index (χ0) is 20.8. The van der Waals surface area contributed by atoms with Crippen LogP contribution < -0.4 is 10.2 Å². The zero-order valence-corrected chi connectivity index (χ0v) is 17.7. The van der Waals surface area contributed by atoms with E-state index in [-0.39, 0.29) is 5.75 Å². The lowest BCUT2D eigenvalue weighted by atomic mass is 9.98. The van der Waals surface area contributed by atoms with E-state index < -0.39 is 0 Å². The maximum Gasteiger partial charge on any atom is 0.151 e. The number of hydrogen-bond donors (Lipinski definition) is 2. The first-order valence-corrected chi connectivity index (χ1v) is 10.7. The number of rotatable bonds is 4. The van der Waals surface area contributed by atoms with Crippen molar-refractivity contribution in [3.05, 3.63) is 48.0 Å². The van der Waals surface area contributed by atoms with Gasteiger partial charge in [0.15, 0.2) is 5.82 Å². The highest BCUT2D eigenvalue weighted by Gasteiger charge is 2.35. The number of nitrogens with one attached hydrogen (secondary N) is 1. The summed E-state index contributed by atoms with van der Waals surface area (Å²) >= 11 is 0. The number of anilines is 1. The fraction of sp³-hybridized carbons (Fsp3) is 0.435. The van der Waals surface area contributed by atoms with E-state index in [1.807, 2.05) is 48.9 Å². The van der Waals surface area contributed by atoms with Crippen molar-refractivity contribution >= 4 is 5.82 Å². The number of piperidine rings is 1. The van der Waals surface area contributed by atoms with Crippen molar-refractivity contribution in [1.82, 2.24) is 25.1 Å². The van der Waals surface area contributed by atoms with Gasteiger partial charge in [-0.05, 0) is 63.8 Å². The van der Waals surface area contributed by atoms with Gasteiger partial charge in [0.1, 0.15) is 11.6 Å². The highest BCUT2D eigenvalue weighted by Crippen LogP contribution is 2.33. The molecule has 2 N–H and O–H groups in total. The molecule has 2 saturated heterocycles. The molecule has 7 heteroatoms. The predicted molar refractivity (Wildman–Crippen MR) is 117 cm³/mol. The van der Waals surface area contributed by atoms with Crippen LogP contribution in [0.1, 0.15) is 37.2 Å². The standard InChI is InChI=1S/C23H28N6O/c1-14-13-29(15(2)24-14)18-6-7-20(22(30)12-18)21-8-9-23(27-26-21)28(3)19-10-16-4-5-17(11-19)25-16/h6-9,12-13,16-17,19,25,30H,4-5,10-11H2,1-3H3/t16-,17+,19?. The van der Waals surface area contributed by atoms with E-state index in [1.54, 1.807) is 6.07 Å². The Labute approximate surface area is 176 Å². The average molecular weight is 405 g/mol. The summed E-state index contributed by atoms with van der Waals surface area (Å²) in [5.41, 5.74) is 3.16. The minimum absolute atomic E-state index is 0.184. The van der Waals surface area contributed by atoms with Crippen molar-refractivity contribution in [1.29, 1.82) is 0 Å². The molecule has 2 fully saturated rings. The molecule has 4 heterocycles. The quantitative estimate of drug-likeness (QED) is 0.694. The molecule has 2 aliphatic rings. The highest BCUT2D eigenvalue weighted by molar-refractivity contribution is 5.69. The number of aromatic hydroxyl groups is 1. The summed E-state index contributed by atoms with van der Waals surface area (Å²) in [6.45, 7) is 3.91. The average Bonchev–Trinajstić information content (AvgIpc) is 3.27. The number of aromatic nitrogens is 4. The largest absolute Gasteiger partial charge is 0.507 e. The number of phenolic OH excluding ortho intramolecular Hbond substituents is 1. The molecule has 0 aliphatic carbocycles. The van der Waals surface area contributed by atoms with E-state index >= 15 is 0 Å². The van der Waals surface area contributed by atoms with E-state index in [0.29, 0.717) is 29.4 Å². The molecular weight excluding hydrogens is 376 g/mol. The Balaban J connectivity index is 1.36. The van der Waals surface area contributed by atoms with E-state index in [1.165, 1.54) is 12.8 Å². The molecular formula is C23H28N6O. The topological polar surface area (TPSA) is 79.1 Å². The minimum Gasteiger partial charge on any atom is -0.507 e. The molecule has 5 rings (SSSR count). The zero-order valence-electron chi connectivity index (χ0n) is 17.7. The molecule has 2 bridgehead atoms. The summed E-state index contributed by atoms with van der Waals surface area (Å²) in [5.74, 6) is 1.95. The smallest absolute Gasteiger partial charge is 0.151 e. The Bertz CT molecular complexity index is 1050. The highest BCUT2D eigenvalue weighted by atomic mass is 16.3. The summed E-state index contributed by atoms with van der Waals surface area (Å²) < 4.78 is 1.97. The van der Waals surface area contributed by atoms with Gasteiger partial charge in [0, 0.05) is 43.0 Å². The fourth-order valence-corrected chi connectivity index (χ4v) is 4.95. The van der Waals surface area contributed by atoms with Crippen LogP contribution in [0.4, 0.5) is 5.82 Å². The summed E-state index contributed by atoms with van der Waals surface area (Å²) in [6, 6.07) is 11.3. The molecule has 1 aromatic carbocycles. The number of nitrogens with zero attached hydrogens (tertiary/aromatic N) is 5. The molecule has 2 aromatic heterocycles. The molecule has 156 valence electrons. The van der Waals surface area contributed by atoms with Crippen LogP contribution in [0.3, 0.4) is 0 Å². The van der Waals surface area contributed by atoms with Crippen LogP contribution >= 0.6 is 0 Å². The monoisotopic (exact) mass is 404 g/mol. The second-order valence-electron chi connectivity index (χ2n) is 8.65. The van der Waals surface area contributed by atoms with Crippen LogP contribution in [0, 0.1) is 13.8 Å². The first-order chi connectivity index (χ1) is 14.5. The molecule has 3 atom stereocenters. The third-order valence-electron chi connectivity index (χ3n) is 6.55. The molecule has 7 nitrogen and oxygen atoms in total. The Morgan fingerprint density at radius 2 is 1.83 bits per heavy atom. The Morgan fingerprint density at radius 3 is 2.43 bits per heavy atom.